The molecule has 0 amide bonds. The van der Waals surface area contributed by atoms with Gasteiger partial charge in [0, 0.05) is 0 Å². The van der Waals surface area contributed by atoms with Gasteiger partial charge in [-0.1, -0.05) is 26.5 Å². The summed E-state index contributed by atoms with van der Waals surface area (Å²) < 4.78 is 0. The highest BCUT2D eigenvalue weighted by atomic mass is 32.2. The molecule has 0 heterocycles. The van der Waals surface area contributed by atoms with Gasteiger partial charge in [0.15, 0.2) is 0 Å². The first kappa shape index (κ1) is 11.8. The summed E-state index contributed by atoms with van der Waals surface area (Å²) in [6, 6.07) is 0. The molecule has 0 nitrogen and oxygen atoms in total. The average molecular weight is 185 g/mol. The maximum Gasteiger partial charge on any atom is 0.126 e. The van der Waals surface area contributed by atoms with Gasteiger partial charge in [0.05, 0.1) is 0 Å². The summed E-state index contributed by atoms with van der Waals surface area (Å²) in [5.74, 6) is 3.72. The molecule has 0 aromatic carbocycles. The van der Waals surface area contributed by atoms with Gasteiger partial charge >= 0.3 is 0 Å². The Morgan fingerprint density at radius 3 is 2.08 bits per heavy atom. The Balaban J connectivity index is 3.47. The molecule has 0 saturated heterocycles. The van der Waals surface area contributed by atoms with E-state index in [2.05, 4.69) is 20.1 Å². The monoisotopic (exact) mass is 185 g/mol. The molecule has 0 aliphatic heterocycles. The largest absolute Gasteiger partial charge is 0.126 e. The molecule has 0 rings (SSSR count). The zero-order valence-electron chi connectivity index (χ0n) is 8.22. The second-order valence-electron chi connectivity index (χ2n) is 2.93. The van der Waals surface area contributed by atoms with Crippen LogP contribution < -0.4 is 0 Å². The van der Waals surface area contributed by atoms with Gasteiger partial charge < -0.3 is 0 Å². The summed E-state index contributed by atoms with van der Waals surface area (Å²) in [6.45, 7) is 9.82. The van der Waals surface area contributed by atoms with Crippen molar-refractivity contribution >= 4 is 10.9 Å². The summed E-state index contributed by atoms with van der Waals surface area (Å²) in [7, 11) is 0.538. The minimum absolute atomic E-state index is 0.538. The highest BCUT2D eigenvalue weighted by molar-refractivity contribution is 7.97. The molecule has 0 saturated carbocycles. The fraction of sp³-hybridized carbons (Fsp3) is 0.636. The van der Waals surface area contributed by atoms with Crippen molar-refractivity contribution in [3.63, 3.8) is 0 Å². The van der Waals surface area contributed by atoms with Crippen LogP contribution in [-0.4, -0.2) is 17.3 Å². The van der Waals surface area contributed by atoms with E-state index in [1.165, 1.54) is 36.5 Å². The fourth-order valence-electron chi connectivity index (χ4n) is 1.12. The molecule has 70 valence electrons. The van der Waals surface area contributed by atoms with Crippen molar-refractivity contribution in [3.8, 4) is 0 Å². The molecule has 0 N–H and O–H groups in total. The van der Waals surface area contributed by atoms with E-state index in [0.29, 0.717) is 10.9 Å². The van der Waals surface area contributed by atoms with E-state index < -0.39 is 0 Å². The van der Waals surface area contributed by atoms with Crippen LogP contribution in [0, 0.1) is 0 Å². The standard InChI is InChI=1S/C11H21S/c1-4-7-8-11-12(9-5-2)10-6-3/h5-6H,2-4,7-11H2,1H3/q+1. The summed E-state index contributed by atoms with van der Waals surface area (Å²) in [6.07, 6.45) is 8.15. The van der Waals surface area contributed by atoms with Crippen LogP contribution in [-0.2, 0) is 10.9 Å². The van der Waals surface area contributed by atoms with Crippen LogP contribution in [0.25, 0.3) is 0 Å². The zero-order valence-corrected chi connectivity index (χ0v) is 9.04. The van der Waals surface area contributed by atoms with Crippen LogP contribution in [0.3, 0.4) is 0 Å². The van der Waals surface area contributed by atoms with Gasteiger partial charge in [0.25, 0.3) is 0 Å². The van der Waals surface area contributed by atoms with Crippen LogP contribution in [0.15, 0.2) is 25.3 Å². The van der Waals surface area contributed by atoms with Gasteiger partial charge in [-0.2, -0.15) is 0 Å². The number of rotatable bonds is 8. The van der Waals surface area contributed by atoms with Crippen molar-refractivity contribution in [3.05, 3.63) is 25.3 Å². The molecule has 0 bridgehead atoms. The third-order valence-electron chi connectivity index (χ3n) is 1.74. The summed E-state index contributed by atoms with van der Waals surface area (Å²) in [5, 5.41) is 0. The third kappa shape index (κ3) is 6.53. The van der Waals surface area contributed by atoms with Crippen molar-refractivity contribution in [1.82, 2.24) is 0 Å². The van der Waals surface area contributed by atoms with Gasteiger partial charge in [-0.3, -0.25) is 0 Å². The van der Waals surface area contributed by atoms with E-state index in [4.69, 9.17) is 0 Å². The first-order chi connectivity index (χ1) is 5.85. The lowest BCUT2D eigenvalue weighted by atomic mass is 10.3. The first-order valence-electron chi connectivity index (χ1n) is 4.71. The quantitative estimate of drug-likeness (QED) is 0.309. The molecule has 0 aromatic heterocycles. The summed E-state index contributed by atoms with van der Waals surface area (Å²) >= 11 is 0. The Kier molecular flexibility index (Phi) is 8.80. The van der Waals surface area contributed by atoms with Gasteiger partial charge in [-0.05, 0) is 35.9 Å². The Labute approximate surface area is 80.1 Å². The van der Waals surface area contributed by atoms with Crippen molar-refractivity contribution in [1.29, 1.82) is 0 Å². The molecule has 0 fully saturated rings. The van der Waals surface area contributed by atoms with Crippen LogP contribution in [0.2, 0.25) is 0 Å². The van der Waals surface area contributed by atoms with Crippen LogP contribution in [0.1, 0.15) is 26.2 Å². The second kappa shape index (κ2) is 8.92. The molecule has 0 atom stereocenters. The van der Waals surface area contributed by atoms with Crippen molar-refractivity contribution in [2.75, 3.05) is 17.3 Å². The maximum absolute atomic E-state index is 3.78. The lowest BCUT2D eigenvalue weighted by molar-refractivity contribution is 0.777. The van der Waals surface area contributed by atoms with Crippen molar-refractivity contribution in [2.45, 2.75) is 26.2 Å². The van der Waals surface area contributed by atoms with Crippen LogP contribution in [0.4, 0.5) is 0 Å². The third-order valence-corrected chi connectivity index (χ3v) is 4.02. The van der Waals surface area contributed by atoms with Crippen LogP contribution in [0.5, 0.6) is 0 Å². The minimum atomic E-state index is 0.538. The Morgan fingerprint density at radius 1 is 1.08 bits per heavy atom. The van der Waals surface area contributed by atoms with E-state index in [0.717, 1.165) is 0 Å². The lowest BCUT2D eigenvalue weighted by Gasteiger charge is -2.03. The van der Waals surface area contributed by atoms with Crippen LogP contribution >= 0.6 is 0 Å². The predicted molar refractivity (Wildman–Crippen MR) is 61.9 cm³/mol. The Morgan fingerprint density at radius 2 is 1.67 bits per heavy atom. The van der Waals surface area contributed by atoms with E-state index >= 15 is 0 Å². The molecule has 0 aliphatic carbocycles. The molecular formula is C11H21S+. The molecule has 12 heavy (non-hydrogen) atoms. The number of hydrogen-bond acceptors (Lipinski definition) is 0. The lowest BCUT2D eigenvalue weighted by Crippen LogP contribution is -2.13. The highest BCUT2D eigenvalue weighted by Crippen LogP contribution is 2.04. The number of hydrogen-bond donors (Lipinski definition) is 0. The van der Waals surface area contributed by atoms with E-state index in [-0.39, 0.29) is 0 Å². The minimum Gasteiger partial charge on any atom is -0.0985 e. The highest BCUT2D eigenvalue weighted by Gasteiger charge is 2.12. The molecular weight excluding hydrogens is 164 g/mol. The van der Waals surface area contributed by atoms with Gasteiger partial charge in [-0.25, -0.2) is 0 Å². The zero-order chi connectivity index (χ0) is 9.23. The number of unbranched alkanes of at least 4 members (excludes halogenated alkanes) is 2. The fourth-order valence-corrected chi connectivity index (χ4v) is 2.87. The SMILES string of the molecule is C=CC[S+](CC=C)CCCCC. The second-order valence-corrected chi connectivity index (χ2v) is 5.23. The van der Waals surface area contributed by atoms with Gasteiger partial charge in [0.2, 0.25) is 0 Å². The Bertz CT molecular complexity index is 108. The van der Waals surface area contributed by atoms with Crippen molar-refractivity contribution in [2.24, 2.45) is 0 Å². The topological polar surface area (TPSA) is 0 Å². The smallest absolute Gasteiger partial charge is 0.0985 e. The predicted octanol–water partition coefficient (Wildman–Crippen LogP) is 3.17. The maximum atomic E-state index is 3.78. The molecule has 0 unspecified atom stereocenters. The molecule has 1 heteroatoms. The van der Waals surface area contributed by atoms with E-state index in [9.17, 15) is 0 Å². The summed E-state index contributed by atoms with van der Waals surface area (Å²) in [5.41, 5.74) is 0. The Hall–Kier alpha value is -0.170. The molecule has 0 aliphatic rings. The van der Waals surface area contributed by atoms with Gasteiger partial charge in [-0.15, -0.1) is 0 Å². The first-order valence-corrected chi connectivity index (χ1v) is 6.44. The van der Waals surface area contributed by atoms with E-state index in [1.807, 2.05) is 12.2 Å². The molecule has 0 aromatic rings. The van der Waals surface area contributed by atoms with Crippen molar-refractivity contribution < 1.29 is 0 Å². The molecule has 0 radical (unpaired) electrons. The average Bonchev–Trinajstić information content (AvgIpc) is 2.06. The summed E-state index contributed by atoms with van der Waals surface area (Å²) in [4.78, 5) is 0. The normalized spacial score (nSPS) is 10.2. The van der Waals surface area contributed by atoms with Gasteiger partial charge in [0.1, 0.15) is 17.3 Å². The molecule has 0 spiro atoms. The van der Waals surface area contributed by atoms with E-state index in [1.54, 1.807) is 0 Å².